The molecular weight excluding hydrogens is 414 g/mol. The molecule has 1 N–H and O–H groups in total. The minimum atomic E-state index is -0.201. The summed E-state index contributed by atoms with van der Waals surface area (Å²) in [4.78, 5) is 31.3. The summed E-state index contributed by atoms with van der Waals surface area (Å²) >= 11 is 4.92. The lowest BCUT2D eigenvalue weighted by Gasteiger charge is -2.18. The van der Waals surface area contributed by atoms with Crippen molar-refractivity contribution in [3.05, 3.63) is 61.4 Å². The van der Waals surface area contributed by atoms with E-state index in [0.717, 1.165) is 31.7 Å². The van der Waals surface area contributed by atoms with Crippen LogP contribution in [-0.4, -0.2) is 15.5 Å². The Bertz CT molecular complexity index is 1010. The van der Waals surface area contributed by atoms with Gasteiger partial charge < -0.3 is 5.32 Å². The number of hydrogen-bond acceptors (Lipinski definition) is 4. The predicted octanol–water partition coefficient (Wildman–Crippen LogP) is 4.10. The molecule has 0 spiro atoms. The minimum absolute atomic E-state index is 0.0386. The summed E-state index contributed by atoms with van der Waals surface area (Å²) in [6, 6.07) is 7.78. The summed E-state index contributed by atoms with van der Waals surface area (Å²) in [6.07, 6.45) is 2.22. The smallest absolute Gasteiger partial charge is 0.262 e. The molecule has 2 heterocycles. The van der Waals surface area contributed by atoms with E-state index in [0.29, 0.717) is 5.39 Å². The van der Waals surface area contributed by atoms with E-state index in [2.05, 4.69) is 26.2 Å². The minimum Gasteiger partial charge on any atom is -0.348 e. The summed E-state index contributed by atoms with van der Waals surface area (Å²) < 4.78 is 2.38. The zero-order valence-corrected chi connectivity index (χ0v) is 17.3. The third-order valence-corrected chi connectivity index (χ3v) is 6.13. The Kier molecular flexibility index (Phi) is 5.58. The number of aromatic nitrogens is 2. The summed E-state index contributed by atoms with van der Waals surface area (Å²) in [5.74, 6) is -0.201. The number of nitrogens with zero attached hydrogens (tertiary/aromatic N) is 2. The van der Waals surface area contributed by atoms with Gasteiger partial charge in [-0.2, -0.15) is 0 Å². The third-order valence-electron chi connectivity index (χ3n) is 4.49. The topological polar surface area (TPSA) is 64.0 Å². The highest BCUT2D eigenvalue weighted by Crippen LogP contribution is 2.25. The fraction of sp³-hybridized carbons (Fsp3) is 0.316. The Morgan fingerprint density at radius 3 is 2.65 bits per heavy atom. The molecular formula is C19H20BrN3O2S. The Hall–Kier alpha value is -1.99. The highest BCUT2D eigenvalue weighted by Gasteiger charge is 2.16. The number of thiophene rings is 1. The highest BCUT2D eigenvalue weighted by molar-refractivity contribution is 9.10. The van der Waals surface area contributed by atoms with Gasteiger partial charge in [0.05, 0.1) is 17.8 Å². The van der Waals surface area contributed by atoms with Gasteiger partial charge in [-0.1, -0.05) is 35.0 Å². The second-order valence-corrected chi connectivity index (χ2v) is 8.34. The van der Waals surface area contributed by atoms with Crippen LogP contribution in [0.25, 0.3) is 10.2 Å². The molecule has 0 aliphatic carbocycles. The number of nitrogens with one attached hydrogen (secondary N) is 1. The van der Waals surface area contributed by atoms with E-state index < -0.39 is 0 Å². The molecule has 3 aromatic rings. The van der Waals surface area contributed by atoms with Crippen molar-refractivity contribution in [2.75, 3.05) is 0 Å². The lowest BCUT2D eigenvalue weighted by atomic mass is 10.0. The maximum atomic E-state index is 12.7. The molecule has 5 nitrogen and oxygen atoms in total. The van der Waals surface area contributed by atoms with Crippen molar-refractivity contribution < 1.29 is 4.79 Å². The maximum absolute atomic E-state index is 12.7. The molecule has 1 amide bonds. The normalized spacial score (nSPS) is 12.3. The largest absolute Gasteiger partial charge is 0.348 e. The maximum Gasteiger partial charge on any atom is 0.262 e. The zero-order chi connectivity index (χ0) is 18.8. The fourth-order valence-corrected chi connectivity index (χ4v) is 4.15. The van der Waals surface area contributed by atoms with E-state index in [4.69, 9.17) is 0 Å². The van der Waals surface area contributed by atoms with E-state index in [9.17, 15) is 9.59 Å². The Morgan fingerprint density at radius 1 is 1.31 bits per heavy atom. The molecule has 26 heavy (non-hydrogen) atoms. The van der Waals surface area contributed by atoms with Crippen LogP contribution in [0.2, 0.25) is 0 Å². The Labute approximate surface area is 164 Å². The molecule has 7 heteroatoms. The van der Waals surface area contributed by atoms with Crippen molar-refractivity contribution in [3.8, 4) is 0 Å². The van der Waals surface area contributed by atoms with Gasteiger partial charge >= 0.3 is 0 Å². The first-order valence-electron chi connectivity index (χ1n) is 8.40. The van der Waals surface area contributed by atoms with Crippen LogP contribution in [0, 0.1) is 13.8 Å². The fourth-order valence-electron chi connectivity index (χ4n) is 2.89. The van der Waals surface area contributed by atoms with Gasteiger partial charge in [-0.05, 0) is 43.5 Å². The molecule has 1 aromatic carbocycles. The van der Waals surface area contributed by atoms with Crippen molar-refractivity contribution in [2.45, 2.75) is 39.8 Å². The predicted molar refractivity (Wildman–Crippen MR) is 109 cm³/mol. The summed E-state index contributed by atoms with van der Waals surface area (Å²) in [7, 11) is 0. The average molecular weight is 434 g/mol. The number of benzene rings is 1. The summed E-state index contributed by atoms with van der Waals surface area (Å²) in [5, 5.41) is 3.62. The van der Waals surface area contributed by atoms with E-state index in [-0.39, 0.29) is 24.1 Å². The molecule has 3 rings (SSSR count). The van der Waals surface area contributed by atoms with Crippen LogP contribution in [0.1, 0.15) is 35.4 Å². The zero-order valence-electron chi connectivity index (χ0n) is 14.9. The first-order valence-corrected chi connectivity index (χ1v) is 10.0. The van der Waals surface area contributed by atoms with Crippen LogP contribution in [0.3, 0.4) is 0 Å². The Balaban J connectivity index is 1.80. The molecule has 136 valence electrons. The van der Waals surface area contributed by atoms with Gasteiger partial charge in [-0.3, -0.25) is 14.2 Å². The lowest BCUT2D eigenvalue weighted by Crippen LogP contribution is -2.34. The van der Waals surface area contributed by atoms with Crippen molar-refractivity contribution in [3.63, 3.8) is 0 Å². The quantitative estimate of drug-likeness (QED) is 0.658. The van der Waals surface area contributed by atoms with Gasteiger partial charge in [0.1, 0.15) is 11.4 Å². The van der Waals surface area contributed by atoms with Gasteiger partial charge in [-0.15, -0.1) is 11.3 Å². The number of halogens is 1. The number of carbonyl (C=O) groups is 1. The van der Waals surface area contributed by atoms with Crippen molar-refractivity contribution in [1.82, 2.24) is 14.9 Å². The molecule has 0 unspecified atom stereocenters. The van der Waals surface area contributed by atoms with Gasteiger partial charge in [0.2, 0.25) is 5.91 Å². The van der Waals surface area contributed by atoms with Crippen molar-refractivity contribution in [2.24, 2.45) is 0 Å². The molecule has 0 saturated heterocycles. The standard InChI is InChI=1S/C19H20BrN3O2S/c1-4-15(13-5-7-14(20)8-6-13)22-16(24)9-23-10-21-18-17(19(23)25)11(2)12(3)26-18/h5-8,10,15H,4,9H2,1-3H3,(H,22,24)/t15-/m0/s1. The third kappa shape index (κ3) is 3.73. The first-order chi connectivity index (χ1) is 12.4. The lowest BCUT2D eigenvalue weighted by molar-refractivity contribution is -0.122. The molecule has 1 atom stereocenters. The second-order valence-electron chi connectivity index (χ2n) is 6.22. The van der Waals surface area contributed by atoms with E-state index >= 15 is 0 Å². The molecule has 0 radical (unpaired) electrons. The van der Waals surface area contributed by atoms with E-state index in [1.807, 2.05) is 45.0 Å². The van der Waals surface area contributed by atoms with Crippen LogP contribution >= 0.6 is 27.3 Å². The SMILES string of the molecule is CC[C@H](NC(=O)Cn1cnc2sc(C)c(C)c2c1=O)c1ccc(Br)cc1. The first kappa shape index (κ1) is 18.8. The molecule has 2 aromatic heterocycles. The van der Waals surface area contributed by atoms with Crippen LogP contribution in [0.15, 0.2) is 39.9 Å². The molecule has 0 fully saturated rings. The van der Waals surface area contributed by atoms with Gasteiger partial charge in [0.15, 0.2) is 0 Å². The number of carbonyl (C=O) groups excluding carboxylic acids is 1. The van der Waals surface area contributed by atoms with Crippen molar-refractivity contribution >= 4 is 43.4 Å². The monoisotopic (exact) mass is 433 g/mol. The second kappa shape index (κ2) is 7.72. The van der Waals surface area contributed by atoms with Gasteiger partial charge in [0, 0.05) is 9.35 Å². The Morgan fingerprint density at radius 2 is 2.00 bits per heavy atom. The van der Waals surface area contributed by atoms with E-state index in [1.165, 1.54) is 22.2 Å². The summed E-state index contributed by atoms with van der Waals surface area (Å²) in [5.41, 5.74) is 1.82. The van der Waals surface area contributed by atoms with Crippen LogP contribution < -0.4 is 10.9 Å². The van der Waals surface area contributed by atoms with Crippen LogP contribution in [0.4, 0.5) is 0 Å². The van der Waals surface area contributed by atoms with Crippen LogP contribution in [-0.2, 0) is 11.3 Å². The van der Waals surface area contributed by atoms with Gasteiger partial charge in [-0.25, -0.2) is 4.98 Å². The number of amides is 1. The number of fused-ring (bicyclic) bond motifs is 1. The van der Waals surface area contributed by atoms with Crippen molar-refractivity contribution in [1.29, 1.82) is 0 Å². The number of aryl methyl sites for hydroxylation is 2. The molecule has 0 aliphatic rings. The molecule has 0 aliphatic heterocycles. The van der Waals surface area contributed by atoms with Crippen LogP contribution in [0.5, 0.6) is 0 Å². The number of rotatable bonds is 5. The summed E-state index contributed by atoms with van der Waals surface area (Å²) in [6.45, 7) is 5.87. The van der Waals surface area contributed by atoms with Gasteiger partial charge in [0.25, 0.3) is 5.56 Å². The molecule has 0 saturated carbocycles. The highest BCUT2D eigenvalue weighted by atomic mass is 79.9. The number of hydrogen-bond donors (Lipinski definition) is 1. The van der Waals surface area contributed by atoms with E-state index in [1.54, 1.807) is 0 Å². The molecule has 0 bridgehead atoms. The average Bonchev–Trinajstić information content (AvgIpc) is 2.91.